The van der Waals surface area contributed by atoms with E-state index in [0.29, 0.717) is 18.7 Å². The van der Waals surface area contributed by atoms with Gasteiger partial charge in [0.25, 0.3) is 0 Å². The average molecular weight is 287 g/mol. The van der Waals surface area contributed by atoms with Gasteiger partial charge in [-0.3, -0.25) is 4.79 Å². The third-order valence-corrected chi connectivity index (χ3v) is 3.26. The van der Waals surface area contributed by atoms with Crippen LogP contribution < -0.4 is 5.32 Å². The van der Waals surface area contributed by atoms with Crippen LogP contribution in [0.15, 0.2) is 0 Å². The minimum absolute atomic E-state index is 0.129. The Labute approximate surface area is 120 Å². The summed E-state index contributed by atoms with van der Waals surface area (Å²) < 4.78 is 9.86. The fraction of sp³-hybridized carbons (Fsp3) is 0.786. The Balaban J connectivity index is 5.25. The standard InChI is InChI=1S/C14H25NO5/c1-5-11(4)8-9-14(15-10-16,12(17)19-6-2)13(18)20-7-3/h10-11H,5-9H2,1-4H3,(H,15,16). The van der Waals surface area contributed by atoms with Crippen molar-refractivity contribution in [2.75, 3.05) is 13.2 Å². The zero-order valence-corrected chi connectivity index (χ0v) is 12.7. The van der Waals surface area contributed by atoms with Crippen LogP contribution in [0.1, 0.15) is 47.0 Å². The molecule has 0 saturated heterocycles. The van der Waals surface area contributed by atoms with Crippen molar-refractivity contribution in [1.82, 2.24) is 5.32 Å². The molecule has 0 spiro atoms. The van der Waals surface area contributed by atoms with E-state index in [0.717, 1.165) is 6.42 Å². The second kappa shape index (κ2) is 9.34. The van der Waals surface area contributed by atoms with Crippen molar-refractivity contribution in [3.05, 3.63) is 0 Å². The molecule has 0 heterocycles. The van der Waals surface area contributed by atoms with Gasteiger partial charge in [0.15, 0.2) is 0 Å². The number of amides is 1. The lowest BCUT2D eigenvalue weighted by atomic mass is 9.88. The van der Waals surface area contributed by atoms with Crippen molar-refractivity contribution in [2.45, 2.75) is 52.5 Å². The third-order valence-electron chi connectivity index (χ3n) is 3.26. The van der Waals surface area contributed by atoms with Crippen LogP contribution in [0.3, 0.4) is 0 Å². The number of ether oxygens (including phenoxy) is 2. The van der Waals surface area contributed by atoms with Crippen molar-refractivity contribution in [3.63, 3.8) is 0 Å². The van der Waals surface area contributed by atoms with Crippen LogP contribution in [0.2, 0.25) is 0 Å². The summed E-state index contributed by atoms with van der Waals surface area (Å²) in [6.07, 6.45) is 2.03. The number of hydrogen-bond acceptors (Lipinski definition) is 5. The Morgan fingerprint density at radius 2 is 1.65 bits per heavy atom. The fourth-order valence-corrected chi connectivity index (χ4v) is 1.75. The number of hydrogen-bond donors (Lipinski definition) is 1. The maximum absolute atomic E-state index is 12.1. The highest BCUT2D eigenvalue weighted by molar-refractivity contribution is 6.06. The quantitative estimate of drug-likeness (QED) is 0.373. The van der Waals surface area contributed by atoms with Crippen LogP contribution in [-0.4, -0.2) is 37.1 Å². The van der Waals surface area contributed by atoms with Crippen molar-refractivity contribution in [3.8, 4) is 0 Å². The van der Waals surface area contributed by atoms with E-state index in [1.165, 1.54) is 0 Å². The van der Waals surface area contributed by atoms with Crippen LogP contribution in [-0.2, 0) is 23.9 Å². The summed E-state index contributed by atoms with van der Waals surface area (Å²) in [5, 5.41) is 2.32. The highest BCUT2D eigenvalue weighted by atomic mass is 16.6. The summed E-state index contributed by atoms with van der Waals surface area (Å²) in [4.78, 5) is 35.1. The minimum atomic E-state index is -1.74. The molecule has 1 amide bonds. The highest BCUT2D eigenvalue weighted by Gasteiger charge is 2.48. The normalized spacial score (nSPS) is 12.4. The Morgan fingerprint density at radius 1 is 1.15 bits per heavy atom. The van der Waals surface area contributed by atoms with Gasteiger partial charge in [-0.1, -0.05) is 20.3 Å². The molecule has 0 aliphatic heterocycles. The Morgan fingerprint density at radius 3 is 2.00 bits per heavy atom. The lowest BCUT2D eigenvalue weighted by molar-refractivity contribution is -0.167. The van der Waals surface area contributed by atoms with Gasteiger partial charge in [0.05, 0.1) is 13.2 Å². The molecule has 1 unspecified atom stereocenters. The van der Waals surface area contributed by atoms with E-state index in [1.54, 1.807) is 13.8 Å². The van der Waals surface area contributed by atoms with Crippen molar-refractivity contribution in [2.24, 2.45) is 5.92 Å². The van der Waals surface area contributed by atoms with Gasteiger partial charge in [-0.2, -0.15) is 0 Å². The fourth-order valence-electron chi connectivity index (χ4n) is 1.75. The van der Waals surface area contributed by atoms with Crippen LogP contribution in [0.5, 0.6) is 0 Å². The summed E-state index contributed by atoms with van der Waals surface area (Å²) in [6.45, 7) is 7.58. The van der Waals surface area contributed by atoms with Gasteiger partial charge >= 0.3 is 11.9 Å². The zero-order valence-electron chi connectivity index (χ0n) is 12.7. The smallest absolute Gasteiger partial charge is 0.343 e. The summed E-state index contributed by atoms with van der Waals surface area (Å²) in [5.74, 6) is -1.21. The Kier molecular flexibility index (Phi) is 8.59. The lowest BCUT2D eigenvalue weighted by Gasteiger charge is -2.29. The van der Waals surface area contributed by atoms with E-state index in [-0.39, 0.29) is 19.6 Å². The van der Waals surface area contributed by atoms with E-state index < -0.39 is 17.5 Å². The van der Waals surface area contributed by atoms with Crippen LogP contribution >= 0.6 is 0 Å². The number of carbonyl (C=O) groups is 3. The van der Waals surface area contributed by atoms with Gasteiger partial charge < -0.3 is 14.8 Å². The molecule has 0 aliphatic carbocycles. The van der Waals surface area contributed by atoms with Crippen LogP contribution in [0.25, 0.3) is 0 Å². The van der Waals surface area contributed by atoms with Gasteiger partial charge in [-0.15, -0.1) is 0 Å². The van der Waals surface area contributed by atoms with Gasteiger partial charge in [-0.05, 0) is 32.6 Å². The monoisotopic (exact) mass is 287 g/mol. The first kappa shape index (κ1) is 18.4. The van der Waals surface area contributed by atoms with Gasteiger partial charge in [-0.25, -0.2) is 9.59 Å². The van der Waals surface area contributed by atoms with Gasteiger partial charge in [0.2, 0.25) is 11.9 Å². The molecule has 0 aromatic rings. The van der Waals surface area contributed by atoms with Crippen LogP contribution in [0, 0.1) is 5.92 Å². The summed E-state index contributed by atoms with van der Waals surface area (Å²) in [5.41, 5.74) is -1.74. The van der Waals surface area contributed by atoms with Crippen molar-refractivity contribution >= 4 is 18.3 Å². The minimum Gasteiger partial charge on any atom is -0.464 e. The van der Waals surface area contributed by atoms with E-state index in [4.69, 9.17) is 9.47 Å². The van der Waals surface area contributed by atoms with Gasteiger partial charge in [0, 0.05) is 0 Å². The number of carbonyl (C=O) groups excluding carboxylic acids is 3. The molecule has 6 heteroatoms. The number of nitrogens with one attached hydrogen (secondary N) is 1. The second-order valence-corrected chi connectivity index (χ2v) is 4.66. The lowest BCUT2D eigenvalue weighted by Crippen LogP contribution is -2.59. The molecule has 0 aromatic carbocycles. The number of rotatable bonds is 10. The van der Waals surface area contributed by atoms with Crippen molar-refractivity contribution in [1.29, 1.82) is 0 Å². The molecule has 20 heavy (non-hydrogen) atoms. The maximum Gasteiger partial charge on any atom is 0.343 e. The van der Waals surface area contributed by atoms with Crippen LogP contribution in [0.4, 0.5) is 0 Å². The Bertz CT molecular complexity index is 312. The molecule has 0 saturated carbocycles. The predicted molar refractivity (Wildman–Crippen MR) is 73.9 cm³/mol. The molecule has 6 nitrogen and oxygen atoms in total. The molecule has 116 valence electrons. The zero-order chi connectivity index (χ0) is 15.6. The van der Waals surface area contributed by atoms with E-state index >= 15 is 0 Å². The molecule has 1 N–H and O–H groups in total. The van der Waals surface area contributed by atoms with E-state index in [2.05, 4.69) is 5.32 Å². The number of esters is 2. The SMILES string of the molecule is CCOC(=O)C(CCC(C)CC)(NC=O)C(=O)OCC. The van der Waals surface area contributed by atoms with Gasteiger partial charge in [0.1, 0.15) is 0 Å². The molecule has 0 fully saturated rings. The summed E-state index contributed by atoms with van der Waals surface area (Å²) in [7, 11) is 0. The molecule has 0 rings (SSSR count). The molecule has 1 atom stereocenters. The van der Waals surface area contributed by atoms with E-state index in [1.807, 2.05) is 13.8 Å². The summed E-state index contributed by atoms with van der Waals surface area (Å²) in [6, 6.07) is 0. The third kappa shape index (κ3) is 4.83. The molecular formula is C14H25NO5. The Hall–Kier alpha value is -1.59. The predicted octanol–water partition coefficient (Wildman–Crippen LogP) is 1.42. The summed E-state index contributed by atoms with van der Waals surface area (Å²) >= 11 is 0. The average Bonchev–Trinajstić information content (AvgIpc) is 2.43. The topological polar surface area (TPSA) is 81.7 Å². The van der Waals surface area contributed by atoms with E-state index in [9.17, 15) is 14.4 Å². The maximum atomic E-state index is 12.1. The first-order valence-corrected chi connectivity index (χ1v) is 7.04. The second-order valence-electron chi connectivity index (χ2n) is 4.66. The van der Waals surface area contributed by atoms with Crippen molar-refractivity contribution < 1.29 is 23.9 Å². The highest BCUT2D eigenvalue weighted by Crippen LogP contribution is 2.22. The molecule has 0 aromatic heterocycles. The molecular weight excluding hydrogens is 262 g/mol. The molecule has 0 aliphatic rings. The largest absolute Gasteiger partial charge is 0.464 e. The first-order valence-electron chi connectivity index (χ1n) is 7.04. The first-order chi connectivity index (χ1) is 9.48. The molecule has 0 radical (unpaired) electrons. The molecule has 0 bridgehead atoms.